The summed E-state index contributed by atoms with van der Waals surface area (Å²) in [5.74, 6) is -0.0553. The average molecular weight is 526 g/mol. The minimum atomic E-state index is -0.643. The number of nitro benzene ring substituents is 1. The van der Waals surface area contributed by atoms with Crippen LogP contribution in [0.1, 0.15) is 11.1 Å². The number of nitrogens with one attached hydrogen (secondary N) is 2. The van der Waals surface area contributed by atoms with Gasteiger partial charge in [-0.3, -0.25) is 29.9 Å². The molecule has 0 radical (unpaired) electrons. The van der Waals surface area contributed by atoms with E-state index in [1.807, 2.05) is 12.1 Å². The maximum Gasteiger partial charge on any atom is 0.270 e. The van der Waals surface area contributed by atoms with Crippen molar-refractivity contribution in [3.8, 4) is 11.5 Å². The third-order valence-corrected chi connectivity index (χ3v) is 6.56. The van der Waals surface area contributed by atoms with Crippen molar-refractivity contribution in [2.24, 2.45) is 0 Å². The monoisotopic (exact) mass is 525 g/mol. The van der Waals surface area contributed by atoms with Crippen LogP contribution < -0.4 is 25.0 Å². The molecule has 4 rings (SSSR count). The van der Waals surface area contributed by atoms with Crippen molar-refractivity contribution in [2.75, 3.05) is 51.8 Å². The van der Waals surface area contributed by atoms with Crippen LogP contribution in [0, 0.1) is 10.1 Å². The summed E-state index contributed by atoms with van der Waals surface area (Å²) in [4.78, 5) is 40.5. The summed E-state index contributed by atoms with van der Waals surface area (Å²) in [6, 6.07) is 9.90. The van der Waals surface area contributed by atoms with E-state index in [0.29, 0.717) is 42.3 Å². The number of non-ortho nitro benzene ring substituents is 1. The van der Waals surface area contributed by atoms with E-state index in [1.165, 1.54) is 23.1 Å². The fourth-order valence-electron chi connectivity index (χ4n) is 4.29. The summed E-state index contributed by atoms with van der Waals surface area (Å²) in [5.41, 5.74) is 1.75. The van der Waals surface area contributed by atoms with Crippen LogP contribution in [0.25, 0.3) is 6.08 Å². The highest BCUT2D eigenvalue weighted by atomic mass is 32.1. The first-order valence-electron chi connectivity index (χ1n) is 11.7. The van der Waals surface area contributed by atoms with Gasteiger partial charge in [0.1, 0.15) is 5.57 Å². The number of nitro groups is 1. The van der Waals surface area contributed by atoms with Crippen LogP contribution in [0.15, 0.2) is 42.0 Å². The molecule has 0 unspecified atom stereocenters. The molecule has 0 aromatic heterocycles. The van der Waals surface area contributed by atoms with Crippen LogP contribution in [0.3, 0.4) is 0 Å². The van der Waals surface area contributed by atoms with Gasteiger partial charge in [-0.15, -0.1) is 0 Å². The minimum absolute atomic E-state index is 0.00833. The highest BCUT2D eigenvalue weighted by Crippen LogP contribution is 2.30. The lowest BCUT2D eigenvalue weighted by Gasteiger charge is -2.31. The van der Waals surface area contributed by atoms with E-state index in [1.54, 1.807) is 26.4 Å². The zero-order chi connectivity index (χ0) is 26.5. The fraction of sp³-hybridized carbons (Fsp3) is 0.320. The van der Waals surface area contributed by atoms with Crippen molar-refractivity contribution in [1.82, 2.24) is 15.5 Å². The van der Waals surface area contributed by atoms with Gasteiger partial charge in [0.25, 0.3) is 17.5 Å². The summed E-state index contributed by atoms with van der Waals surface area (Å²) >= 11 is 5.28. The molecular weight excluding hydrogens is 498 g/mol. The van der Waals surface area contributed by atoms with Gasteiger partial charge in [0.2, 0.25) is 0 Å². The van der Waals surface area contributed by atoms with Gasteiger partial charge < -0.3 is 19.7 Å². The van der Waals surface area contributed by atoms with E-state index in [4.69, 9.17) is 21.7 Å². The zero-order valence-electron chi connectivity index (χ0n) is 20.5. The number of rotatable bonds is 8. The van der Waals surface area contributed by atoms with Crippen molar-refractivity contribution < 1.29 is 24.0 Å². The molecule has 0 atom stereocenters. The second-order valence-electron chi connectivity index (χ2n) is 8.45. The zero-order valence-corrected chi connectivity index (χ0v) is 21.3. The van der Waals surface area contributed by atoms with Gasteiger partial charge in [-0.2, -0.15) is 0 Å². The lowest BCUT2D eigenvalue weighted by molar-refractivity contribution is -0.384. The number of hydrogen-bond donors (Lipinski definition) is 2. The SMILES string of the molecule is COc1ccc(CCN2C(=O)/C(=C\c3cc([N+](=O)[O-])ccc3N3CCNCC3)C(=O)NC2=S)cc1OC. The van der Waals surface area contributed by atoms with E-state index in [-0.39, 0.29) is 22.9 Å². The number of carbonyl (C=O) groups is 2. The molecule has 2 aromatic rings. The third-order valence-electron chi connectivity index (χ3n) is 6.24. The Bertz CT molecular complexity index is 1270. The molecule has 2 fully saturated rings. The van der Waals surface area contributed by atoms with Crippen molar-refractivity contribution in [3.63, 3.8) is 0 Å². The van der Waals surface area contributed by atoms with Gasteiger partial charge in [0, 0.05) is 56.1 Å². The number of carbonyl (C=O) groups excluding carboxylic acids is 2. The standard InChI is InChI=1S/C25H27N5O6S/c1-35-21-6-3-16(13-22(21)36-2)7-10-29-24(32)19(23(31)27-25(29)37)15-17-14-18(30(33)34)4-5-20(17)28-11-8-26-9-12-28/h3-6,13-15,26H,7-12H2,1-2H3,(H,27,31,37)/b19-15-. The van der Waals surface area contributed by atoms with Crippen LogP contribution in [0.2, 0.25) is 0 Å². The number of anilines is 1. The summed E-state index contributed by atoms with van der Waals surface area (Å²) in [6.45, 7) is 3.10. The number of amides is 2. The second kappa shape index (κ2) is 11.4. The number of piperazine rings is 1. The molecule has 2 heterocycles. The molecule has 37 heavy (non-hydrogen) atoms. The predicted molar refractivity (Wildman–Crippen MR) is 142 cm³/mol. The molecule has 11 nitrogen and oxygen atoms in total. The molecule has 2 N–H and O–H groups in total. The molecule has 0 spiro atoms. The lowest BCUT2D eigenvalue weighted by Crippen LogP contribution is -2.54. The number of hydrogen-bond acceptors (Lipinski definition) is 9. The molecule has 0 aliphatic carbocycles. The smallest absolute Gasteiger partial charge is 0.270 e. The third kappa shape index (κ3) is 5.70. The molecule has 2 saturated heterocycles. The first kappa shape index (κ1) is 26.0. The molecule has 12 heteroatoms. The summed E-state index contributed by atoms with van der Waals surface area (Å²) in [6.07, 6.45) is 1.85. The topological polar surface area (TPSA) is 126 Å². The van der Waals surface area contributed by atoms with Gasteiger partial charge >= 0.3 is 0 Å². The van der Waals surface area contributed by atoms with Crippen LogP contribution >= 0.6 is 12.2 Å². The molecule has 0 saturated carbocycles. The number of benzene rings is 2. The van der Waals surface area contributed by atoms with E-state index < -0.39 is 16.7 Å². The Hall–Kier alpha value is -4.03. The highest BCUT2D eigenvalue weighted by Gasteiger charge is 2.33. The van der Waals surface area contributed by atoms with Crippen LogP contribution in [-0.4, -0.2) is 73.7 Å². The van der Waals surface area contributed by atoms with E-state index in [0.717, 1.165) is 18.7 Å². The van der Waals surface area contributed by atoms with Crippen LogP contribution in [-0.2, 0) is 16.0 Å². The fourth-order valence-corrected chi connectivity index (χ4v) is 4.56. The van der Waals surface area contributed by atoms with E-state index in [2.05, 4.69) is 15.5 Å². The average Bonchev–Trinajstić information content (AvgIpc) is 2.91. The van der Waals surface area contributed by atoms with Crippen molar-refractivity contribution in [2.45, 2.75) is 6.42 Å². The molecule has 2 aromatic carbocycles. The maximum absolute atomic E-state index is 13.4. The van der Waals surface area contributed by atoms with Gasteiger partial charge in [0.15, 0.2) is 16.6 Å². The highest BCUT2D eigenvalue weighted by molar-refractivity contribution is 7.80. The van der Waals surface area contributed by atoms with Gasteiger partial charge in [-0.05, 0) is 48.5 Å². The van der Waals surface area contributed by atoms with Crippen LogP contribution in [0.4, 0.5) is 11.4 Å². The Kier molecular flexibility index (Phi) is 7.99. The summed E-state index contributed by atoms with van der Waals surface area (Å²) < 4.78 is 10.6. The van der Waals surface area contributed by atoms with Crippen molar-refractivity contribution >= 4 is 46.6 Å². The van der Waals surface area contributed by atoms with Gasteiger partial charge in [-0.1, -0.05) is 6.07 Å². The quantitative estimate of drug-likeness (QED) is 0.175. The lowest BCUT2D eigenvalue weighted by atomic mass is 10.0. The Balaban J connectivity index is 1.62. The van der Waals surface area contributed by atoms with Gasteiger partial charge in [-0.25, -0.2) is 0 Å². The molecular formula is C25H27N5O6S. The Labute approximate surface area is 219 Å². The normalized spacial score (nSPS) is 17.1. The van der Waals surface area contributed by atoms with Crippen LogP contribution in [0.5, 0.6) is 11.5 Å². The number of ether oxygens (including phenoxy) is 2. The Morgan fingerprint density at radius 2 is 1.81 bits per heavy atom. The first-order chi connectivity index (χ1) is 17.8. The number of nitrogens with zero attached hydrogens (tertiary/aromatic N) is 3. The van der Waals surface area contributed by atoms with Crippen molar-refractivity contribution in [3.05, 3.63) is 63.2 Å². The van der Waals surface area contributed by atoms with Gasteiger partial charge in [0.05, 0.1) is 19.1 Å². The summed E-state index contributed by atoms with van der Waals surface area (Å²) in [5, 5.41) is 17.3. The maximum atomic E-state index is 13.4. The minimum Gasteiger partial charge on any atom is -0.493 e. The largest absolute Gasteiger partial charge is 0.493 e. The molecule has 0 bridgehead atoms. The molecule has 2 amide bonds. The number of thiocarbonyl (C=S) groups is 1. The predicted octanol–water partition coefficient (Wildman–Crippen LogP) is 1.89. The Morgan fingerprint density at radius 1 is 1.08 bits per heavy atom. The van der Waals surface area contributed by atoms with E-state index in [9.17, 15) is 19.7 Å². The number of methoxy groups -OCH3 is 2. The van der Waals surface area contributed by atoms with E-state index >= 15 is 0 Å². The second-order valence-corrected chi connectivity index (χ2v) is 8.84. The first-order valence-corrected chi connectivity index (χ1v) is 12.1. The summed E-state index contributed by atoms with van der Waals surface area (Å²) in [7, 11) is 3.09. The molecule has 194 valence electrons. The van der Waals surface area contributed by atoms with Crippen molar-refractivity contribution in [1.29, 1.82) is 0 Å². The molecule has 2 aliphatic rings. The Morgan fingerprint density at radius 3 is 2.49 bits per heavy atom. The molecule has 2 aliphatic heterocycles.